The lowest BCUT2D eigenvalue weighted by Crippen LogP contribution is -2.21. The Labute approximate surface area is 195 Å². The molecule has 7 nitrogen and oxygen atoms in total. The zero-order valence-corrected chi connectivity index (χ0v) is 19.1. The van der Waals surface area contributed by atoms with Gasteiger partial charge in [-0.15, -0.1) is 0 Å². The summed E-state index contributed by atoms with van der Waals surface area (Å²) < 4.78 is 3.35. The third-order valence-electron chi connectivity index (χ3n) is 6.26. The molecule has 7 heteroatoms. The van der Waals surface area contributed by atoms with Crippen molar-refractivity contribution in [1.29, 1.82) is 0 Å². The largest absolute Gasteiger partial charge is 0.363 e. The van der Waals surface area contributed by atoms with Gasteiger partial charge >= 0.3 is 5.69 Å². The Morgan fingerprint density at radius 1 is 0.794 bits per heavy atom. The van der Waals surface area contributed by atoms with Crippen LogP contribution in [-0.4, -0.2) is 38.2 Å². The molecular formula is C27H22N6O. The Morgan fingerprint density at radius 2 is 1.62 bits per heavy atom. The number of hydrogen-bond acceptors (Lipinski definition) is 5. The summed E-state index contributed by atoms with van der Waals surface area (Å²) in [6.45, 7) is 0. The first kappa shape index (κ1) is 20.1. The molecule has 0 fully saturated rings. The minimum atomic E-state index is -0.138. The van der Waals surface area contributed by atoms with Gasteiger partial charge in [-0.2, -0.15) is 0 Å². The van der Waals surface area contributed by atoms with E-state index in [-0.39, 0.29) is 5.69 Å². The van der Waals surface area contributed by atoms with Crippen LogP contribution in [0.2, 0.25) is 0 Å². The molecule has 0 atom stereocenters. The standard InChI is InChI=1S/C27H22N6O/c1-31(2)25-11-9-20(15-30-25)33-26-21-13-17(19-12-18-6-4-5-7-22(18)28-14-19)8-10-23(21)29-16-24(26)32(3)27(33)34/h4-16H,1-3H3. The lowest BCUT2D eigenvalue weighted by atomic mass is 10.0. The van der Waals surface area contributed by atoms with Gasteiger partial charge < -0.3 is 4.90 Å². The molecule has 6 aromatic rings. The number of hydrogen-bond donors (Lipinski definition) is 0. The molecule has 0 amide bonds. The monoisotopic (exact) mass is 446 g/mol. The molecule has 0 aliphatic carbocycles. The van der Waals surface area contributed by atoms with Crippen LogP contribution in [0.5, 0.6) is 0 Å². The van der Waals surface area contributed by atoms with Gasteiger partial charge in [-0.25, -0.2) is 9.78 Å². The van der Waals surface area contributed by atoms with Gasteiger partial charge in [0.15, 0.2) is 0 Å². The predicted molar refractivity (Wildman–Crippen MR) is 137 cm³/mol. The highest BCUT2D eigenvalue weighted by Crippen LogP contribution is 2.30. The Bertz CT molecular complexity index is 1760. The molecule has 4 aromatic heterocycles. The zero-order valence-electron chi connectivity index (χ0n) is 19.1. The van der Waals surface area contributed by atoms with E-state index in [1.807, 2.05) is 67.7 Å². The van der Waals surface area contributed by atoms with E-state index in [1.165, 1.54) is 0 Å². The van der Waals surface area contributed by atoms with E-state index in [1.54, 1.807) is 28.6 Å². The SMILES string of the molecule is CN(C)c1ccc(-n2c(=O)n(C)c3cnc4ccc(-c5cnc6ccccc6c5)cc4c32)cn1. The van der Waals surface area contributed by atoms with E-state index in [4.69, 9.17) is 0 Å². The first-order valence-corrected chi connectivity index (χ1v) is 11.0. The first-order chi connectivity index (χ1) is 16.5. The number of fused-ring (bicyclic) bond motifs is 4. The van der Waals surface area contributed by atoms with Crippen molar-refractivity contribution in [2.24, 2.45) is 7.05 Å². The molecule has 0 saturated heterocycles. The summed E-state index contributed by atoms with van der Waals surface area (Å²) >= 11 is 0. The summed E-state index contributed by atoms with van der Waals surface area (Å²) in [5.74, 6) is 0.828. The summed E-state index contributed by atoms with van der Waals surface area (Å²) in [6.07, 6.45) is 5.38. The smallest absolute Gasteiger partial charge is 0.333 e. The van der Waals surface area contributed by atoms with Crippen LogP contribution in [0.15, 0.2) is 84.0 Å². The normalized spacial score (nSPS) is 11.5. The number of rotatable bonds is 3. The van der Waals surface area contributed by atoms with Crippen molar-refractivity contribution in [3.8, 4) is 16.8 Å². The van der Waals surface area contributed by atoms with Crippen molar-refractivity contribution in [1.82, 2.24) is 24.1 Å². The summed E-state index contributed by atoms with van der Waals surface area (Å²) in [7, 11) is 5.65. The highest BCUT2D eigenvalue weighted by molar-refractivity contribution is 6.04. The molecule has 0 spiro atoms. The maximum Gasteiger partial charge on any atom is 0.333 e. The van der Waals surface area contributed by atoms with Gasteiger partial charge in [-0.1, -0.05) is 24.3 Å². The van der Waals surface area contributed by atoms with Crippen LogP contribution in [0.25, 0.3) is 49.7 Å². The molecule has 0 aliphatic heterocycles. The minimum Gasteiger partial charge on any atom is -0.363 e. The number of pyridine rings is 3. The fraction of sp³-hybridized carbons (Fsp3) is 0.111. The second kappa shape index (κ2) is 7.52. The third kappa shape index (κ3) is 3.05. The van der Waals surface area contributed by atoms with Gasteiger partial charge in [0.1, 0.15) is 5.82 Å². The lowest BCUT2D eigenvalue weighted by molar-refractivity contribution is 0.843. The van der Waals surface area contributed by atoms with Gasteiger partial charge in [0, 0.05) is 43.7 Å². The second-order valence-electron chi connectivity index (χ2n) is 8.59. The van der Waals surface area contributed by atoms with Crippen molar-refractivity contribution in [2.75, 3.05) is 19.0 Å². The number of imidazole rings is 1. The molecule has 0 N–H and O–H groups in total. The van der Waals surface area contributed by atoms with E-state index in [2.05, 4.69) is 33.2 Å². The number of anilines is 1. The Hall–Kier alpha value is -4.52. The molecule has 0 saturated carbocycles. The maximum absolute atomic E-state index is 13.3. The fourth-order valence-corrected chi connectivity index (χ4v) is 4.42. The number of benzene rings is 2. The van der Waals surface area contributed by atoms with Crippen molar-refractivity contribution < 1.29 is 0 Å². The molecule has 34 heavy (non-hydrogen) atoms. The summed E-state index contributed by atoms with van der Waals surface area (Å²) in [5, 5.41) is 1.98. The van der Waals surface area contributed by atoms with Crippen LogP contribution in [0.4, 0.5) is 5.82 Å². The molecule has 0 unspecified atom stereocenters. The molecule has 166 valence electrons. The van der Waals surface area contributed by atoms with E-state index in [0.29, 0.717) is 5.69 Å². The molecule has 0 radical (unpaired) electrons. The van der Waals surface area contributed by atoms with Crippen LogP contribution in [0.1, 0.15) is 0 Å². The van der Waals surface area contributed by atoms with Gasteiger partial charge in [0.2, 0.25) is 0 Å². The number of aromatic nitrogens is 5. The molecule has 0 bridgehead atoms. The molecule has 2 aromatic carbocycles. The lowest BCUT2D eigenvalue weighted by Gasteiger charge is -2.12. The number of aryl methyl sites for hydroxylation is 1. The van der Waals surface area contributed by atoms with Crippen molar-refractivity contribution in [2.45, 2.75) is 0 Å². The Balaban J connectivity index is 1.62. The summed E-state index contributed by atoms with van der Waals surface area (Å²) in [5.41, 5.74) is 5.97. The minimum absolute atomic E-state index is 0.138. The van der Waals surface area contributed by atoms with Gasteiger partial charge in [-0.05, 0) is 42.0 Å². The maximum atomic E-state index is 13.3. The molecule has 4 heterocycles. The van der Waals surface area contributed by atoms with E-state index in [9.17, 15) is 4.79 Å². The summed E-state index contributed by atoms with van der Waals surface area (Å²) in [6, 6.07) is 20.2. The van der Waals surface area contributed by atoms with Crippen molar-refractivity contribution in [3.05, 3.63) is 89.7 Å². The average molecular weight is 447 g/mol. The van der Waals surface area contributed by atoms with Crippen LogP contribution >= 0.6 is 0 Å². The zero-order chi connectivity index (χ0) is 23.4. The van der Waals surface area contributed by atoms with Crippen molar-refractivity contribution >= 4 is 38.7 Å². The number of nitrogens with zero attached hydrogens (tertiary/aromatic N) is 6. The van der Waals surface area contributed by atoms with Crippen LogP contribution in [0.3, 0.4) is 0 Å². The first-order valence-electron chi connectivity index (χ1n) is 11.0. The second-order valence-corrected chi connectivity index (χ2v) is 8.59. The Kier molecular flexibility index (Phi) is 4.45. The van der Waals surface area contributed by atoms with E-state index >= 15 is 0 Å². The van der Waals surface area contributed by atoms with Crippen LogP contribution in [0, 0.1) is 0 Å². The fourth-order valence-electron chi connectivity index (χ4n) is 4.42. The quantitative estimate of drug-likeness (QED) is 0.399. The third-order valence-corrected chi connectivity index (χ3v) is 6.26. The summed E-state index contributed by atoms with van der Waals surface area (Å²) in [4.78, 5) is 29.0. The number of para-hydroxylation sites is 1. The predicted octanol–water partition coefficient (Wildman–Crippen LogP) is 4.55. The topological polar surface area (TPSA) is 68.8 Å². The molecular weight excluding hydrogens is 424 g/mol. The van der Waals surface area contributed by atoms with E-state index in [0.717, 1.165) is 49.8 Å². The van der Waals surface area contributed by atoms with Gasteiger partial charge in [0.25, 0.3) is 0 Å². The molecule has 0 aliphatic rings. The van der Waals surface area contributed by atoms with Crippen LogP contribution < -0.4 is 10.6 Å². The highest BCUT2D eigenvalue weighted by Gasteiger charge is 2.17. The average Bonchev–Trinajstić information content (AvgIpc) is 3.13. The van der Waals surface area contributed by atoms with Crippen molar-refractivity contribution in [3.63, 3.8) is 0 Å². The van der Waals surface area contributed by atoms with Crippen LogP contribution in [-0.2, 0) is 7.05 Å². The van der Waals surface area contributed by atoms with Gasteiger partial charge in [-0.3, -0.25) is 19.1 Å². The molecule has 6 rings (SSSR count). The Morgan fingerprint density at radius 3 is 2.41 bits per heavy atom. The van der Waals surface area contributed by atoms with Gasteiger partial charge in [0.05, 0.1) is 40.1 Å². The van der Waals surface area contributed by atoms with E-state index < -0.39 is 0 Å². The highest BCUT2D eigenvalue weighted by atomic mass is 16.1.